The van der Waals surface area contributed by atoms with Crippen molar-refractivity contribution in [1.29, 1.82) is 0 Å². The summed E-state index contributed by atoms with van der Waals surface area (Å²) in [5, 5.41) is 8.64. The van der Waals surface area contributed by atoms with Gasteiger partial charge in [0, 0.05) is 19.0 Å². The Labute approximate surface area is 125 Å². The second-order valence-electron chi connectivity index (χ2n) is 5.17. The third-order valence-corrected chi connectivity index (χ3v) is 3.53. The predicted octanol–water partition coefficient (Wildman–Crippen LogP) is 2.42. The number of benzene rings is 1. The van der Waals surface area contributed by atoms with Crippen LogP contribution < -0.4 is 4.74 Å². The van der Waals surface area contributed by atoms with Gasteiger partial charge in [-0.3, -0.25) is 4.90 Å². The van der Waals surface area contributed by atoms with Gasteiger partial charge >= 0.3 is 0 Å². The van der Waals surface area contributed by atoms with Crippen LogP contribution in [0.1, 0.15) is 31.2 Å². The first-order valence-electron chi connectivity index (χ1n) is 7.54. The molecule has 0 aromatic heterocycles. The van der Waals surface area contributed by atoms with E-state index in [4.69, 9.17) is 9.84 Å². The maximum absolute atomic E-state index is 13.8. The Kier molecular flexibility index (Phi) is 6.52. The van der Waals surface area contributed by atoms with E-state index in [1.165, 1.54) is 25.3 Å². The Hall–Kier alpha value is -1.57. The number of hydrogen-bond acceptors (Lipinski definition) is 3. The van der Waals surface area contributed by atoms with Crippen LogP contribution in [0.4, 0.5) is 4.39 Å². The number of ether oxygens (including phenoxy) is 1. The highest BCUT2D eigenvalue weighted by Crippen LogP contribution is 2.16. The van der Waals surface area contributed by atoms with Crippen molar-refractivity contribution in [3.8, 4) is 17.6 Å². The summed E-state index contributed by atoms with van der Waals surface area (Å²) >= 11 is 0. The molecule has 0 amide bonds. The molecule has 0 spiro atoms. The van der Waals surface area contributed by atoms with Crippen LogP contribution in [0.2, 0.25) is 0 Å². The van der Waals surface area contributed by atoms with Crippen LogP contribution in [0.15, 0.2) is 18.2 Å². The average Bonchev–Trinajstić information content (AvgIpc) is 2.51. The number of aliphatic hydroxyl groups excluding tert-OH is 1. The molecule has 1 N–H and O–H groups in total. The molecule has 1 aromatic carbocycles. The molecule has 0 aliphatic carbocycles. The summed E-state index contributed by atoms with van der Waals surface area (Å²) < 4.78 is 19.4. The predicted molar refractivity (Wildman–Crippen MR) is 80.8 cm³/mol. The molecule has 1 aromatic rings. The Bertz CT molecular complexity index is 501. The van der Waals surface area contributed by atoms with Crippen molar-refractivity contribution in [1.82, 2.24) is 4.90 Å². The number of likely N-dealkylation sites (tertiary alicyclic amines) is 1. The van der Waals surface area contributed by atoms with E-state index >= 15 is 0 Å². The lowest BCUT2D eigenvalue weighted by Gasteiger charge is -2.26. The fraction of sp³-hybridized carbons (Fsp3) is 0.529. The third-order valence-electron chi connectivity index (χ3n) is 3.53. The first-order chi connectivity index (χ1) is 10.3. The first kappa shape index (κ1) is 15.8. The summed E-state index contributed by atoms with van der Waals surface area (Å²) in [5.41, 5.74) is 0.340. The van der Waals surface area contributed by atoms with Crippen LogP contribution in [0.3, 0.4) is 0 Å². The average molecular weight is 291 g/mol. The second kappa shape index (κ2) is 8.66. The minimum atomic E-state index is -0.379. The molecule has 1 aliphatic heterocycles. The lowest BCUT2D eigenvalue weighted by molar-refractivity contribution is 0.183. The molecule has 0 bridgehead atoms. The summed E-state index contributed by atoms with van der Waals surface area (Å²) in [6.45, 7) is 3.73. The number of aliphatic hydroxyl groups is 1. The molecule has 21 heavy (non-hydrogen) atoms. The van der Waals surface area contributed by atoms with Gasteiger partial charge in [0.05, 0.1) is 12.2 Å². The number of hydrogen-bond donors (Lipinski definition) is 1. The minimum absolute atomic E-state index is 0.00763. The van der Waals surface area contributed by atoms with Crippen LogP contribution in [0, 0.1) is 17.7 Å². The van der Waals surface area contributed by atoms with Crippen molar-refractivity contribution < 1.29 is 14.2 Å². The van der Waals surface area contributed by atoms with Crippen LogP contribution in [-0.4, -0.2) is 42.9 Å². The van der Waals surface area contributed by atoms with E-state index in [0.717, 1.165) is 19.6 Å². The number of halogens is 1. The van der Waals surface area contributed by atoms with Crippen molar-refractivity contribution in [2.24, 2.45) is 0 Å². The van der Waals surface area contributed by atoms with Crippen LogP contribution >= 0.6 is 0 Å². The molecular weight excluding hydrogens is 269 g/mol. The highest BCUT2D eigenvalue weighted by Gasteiger charge is 2.09. The molecule has 0 unspecified atom stereocenters. The van der Waals surface area contributed by atoms with Gasteiger partial charge in [-0.25, -0.2) is 4.39 Å². The van der Waals surface area contributed by atoms with Gasteiger partial charge in [0.15, 0.2) is 0 Å². The Morgan fingerprint density at radius 1 is 1.24 bits per heavy atom. The smallest absolute Gasteiger partial charge is 0.142 e. The molecule has 0 saturated carbocycles. The topological polar surface area (TPSA) is 32.7 Å². The maximum Gasteiger partial charge on any atom is 0.142 e. The SMILES string of the molecule is OCCC#Cc1ccc(OCCN2CCCCC2)cc1F. The molecule has 1 heterocycles. The normalized spacial score (nSPS) is 15.3. The lowest BCUT2D eigenvalue weighted by Crippen LogP contribution is -2.33. The van der Waals surface area contributed by atoms with Crippen molar-refractivity contribution >= 4 is 0 Å². The molecule has 0 radical (unpaired) electrons. The highest BCUT2D eigenvalue weighted by molar-refractivity contribution is 5.39. The van der Waals surface area contributed by atoms with E-state index in [-0.39, 0.29) is 12.4 Å². The molecule has 4 heteroatoms. The third kappa shape index (κ3) is 5.37. The number of rotatable bonds is 5. The molecule has 2 rings (SSSR count). The lowest BCUT2D eigenvalue weighted by atomic mass is 10.1. The van der Waals surface area contributed by atoms with E-state index in [2.05, 4.69) is 16.7 Å². The van der Waals surface area contributed by atoms with Crippen molar-refractivity contribution in [2.75, 3.05) is 32.8 Å². The summed E-state index contributed by atoms with van der Waals surface area (Å²) in [6, 6.07) is 4.73. The summed E-state index contributed by atoms with van der Waals surface area (Å²) in [6.07, 6.45) is 4.19. The van der Waals surface area contributed by atoms with Gasteiger partial charge in [-0.15, -0.1) is 0 Å². The quantitative estimate of drug-likeness (QED) is 0.846. The van der Waals surface area contributed by atoms with Gasteiger partial charge in [0.1, 0.15) is 18.2 Å². The minimum Gasteiger partial charge on any atom is -0.492 e. The zero-order valence-corrected chi connectivity index (χ0v) is 12.3. The van der Waals surface area contributed by atoms with Gasteiger partial charge < -0.3 is 9.84 Å². The zero-order valence-electron chi connectivity index (χ0n) is 12.3. The summed E-state index contributed by atoms with van der Waals surface area (Å²) in [4.78, 5) is 2.38. The van der Waals surface area contributed by atoms with Gasteiger partial charge in [0.25, 0.3) is 0 Å². The zero-order chi connectivity index (χ0) is 14.9. The molecule has 1 fully saturated rings. The van der Waals surface area contributed by atoms with Crippen molar-refractivity contribution in [2.45, 2.75) is 25.7 Å². The number of nitrogens with zero attached hydrogens (tertiary/aromatic N) is 1. The number of piperidine rings is 1. The van der Waals surface area contributed by atoms with Gasteiger partial charge in [-0.1, -0.05) is 18.3 Å². The van der Waals surface area contributed by atoms with Crippen molar-refractivity contribution in [3.63, 3.8) is 0 Å². The fourth-order valence-electron chi connectivity index (χ4n) is 2.38. The van der Waals surface area contributed by atoms with Crippen LogP contribution in [-0.2, 0) is 0 Å². The van der Waals surface area contributed by atoms with E-state index < -0.39 is 0 Å². The van der Waals surface area contributed by atoms with Gasteiger partial charge in [-0.05, 0) is 38.1 Å². The van der Waals surface area contributed by atoms with Crippen LogP contribution in [0.25, 0.3) is 0 Å². The van der Waals surface area contributed by atoms with Gasteiger partial charge in [0.2, 0.25) is 0 Å². The van der Waals surface area contributed by atoms with E-state index in [1.54, 1.807) is 12.1 Å². The first-order valence-corrected chi connectivity index (χ1v) is 7.54. The summed E-state index contributed by atoms with van der Waals surface area (Å²) in [7, 11) is 0. The van der Waals surface area contributed by atoms with Crippen LogP contribution in [0.5, 0.6) is 5.75 Å². The largest absolute Gasteiger partial charge is 0.492 e. The Morgan fingerprint density at radius 3 is 2.76 bits per heavy atom. The second-order valence-corrected chi connectivity index (χ2v) is 5.17. The molecular formula is C17H22FNO2. The molecule has 1 aliphatic rings. The molecule has 0 atom stereocenters. The Balaban J connectivity index is 1.81. The highest BCUT2D eigenvalue weighted by atomic mass is 19.1. The molecule has 1 saturated heterocycles. The molecule has 114 valence electrons. The summed E-state index contributed by atoms with van der Waals surface area (Å²) in [5.74, 6) is 5.57. The van der Waals surface area contributed by atoms with Crippen molar-refractivity contribution in [3.05, 3.63) is 29.6 Å². The standard InChI is InChI=1S/C17H22FNO2/c18-17-14-16(8-7-15(17)6-2-5-12-20)21-13-11-19-9-3-1-4-10-19/h7-8,14,20H,1,3-5,9-13H2. The van der Waals surface area contributed by atoms with E-state index in [0.29, 0.717) is 24.3 Å². The van der Waals surface area contributed by atoms with E-state index in [1.807, 2.05) is 0 Å². The maximum atomic E-state index is 13.8. The molecule has 3 nitrogen and oxygen atoms in total. The monoisotopic (exact) mass is 291 g/mol. The Morgan fingerprint density at radius 2 is 2.05 bits per heavy atom. The van der Waals surface area contributed by atoms with E-state index in [9.17, 15) is 4.39 Å². The van der Waals surface area contributed by atoms with Gasteiger partial charge in [-0.2, -0.15) is 0 Å². The fourth-order valence-corrected chi connectivity index (χ4v) is 2.38.